The fourth-order valence-electron chi connectivity index (χ4n) is 1.65. The molecular formula is C13H26N4O3. The summed E-state index contributed by atoms with van der Waals surface area (Å²) in [5, 5.41) is 5.12. The highest BCUT2D eigenvalue weighted by atomic mass is 16.2. The SMILES string of the molecule is CCC(=O)[C@H](CCCNC(N)=O)NC(=O)C(N)C(C)C. The molecule has 3 amide bonds. The zero-order valence-electron chi connectivity index (χ0n) is 12.4. The van der Waals surface area contributed by atoms with E-state index in [0.29, 0.717) is 25.8 Å². The van der Waals surface area contributed by atoms with Gasteiger partial charge in [0.2, 0.25) is 5.91 Å². The van der Waals surface area contributed by atoms with Crippen molar-refractivity contribution in [2.75, 3.05) is 6.54 Å². The zero-order valence-corrected chi connectivity index (χ0v) is 12.4. The van der Waals surface area contributed by atoms with E-state index < -0.39 is 18.1 Å². The molecule has 0 heterocycles. The third-order valence-corrected chi connectivity index (χ3v) is 3.04. The molecule has 0 aromatic rings. The highest BCUT2D eigenvalue weighted by Gasteiger charge is 2.23. The third-order valence-electron chi connectivity index (χ3n) is 3.04. The number of carbonyl (C=O) groups excluding carboxylic acids is 3. The summed E-state index contributed by atoms with van der Waals surface area (Å²) in [7, 11) is 0. The van der Waals surface area contributed by atoms with E-state index in [4.69, 9.17) is 11.5 Å². The Bertz CT molecular complexity index is 345. The number of urea groups is 1. The summed E-state index contributed by atoms with van der Waals surface area (Å²) in [6.45, 7) is 5.80. The smallest absolute Gasteiger partial charge is 0.312 e. The molecule has 0 aliphatic carbocycles. The fraction of sp³-hybridized carbons (Fsp3) is 0.769. The second-order valence-corrected chi connectivity index (χ2v) is 5.08. The van der Waals surface area contributed by atoms with Crippen LogP contribution in [0.5, 0.6) is 0 Å². The van der Waals surface area contributed by atoms with E-state index in [0.717, 1.165) is 0 Å². The molecule has 7 heteroatoms. The Balaban J connectivity index is 4.39. The summed E-state index contributed by atoms with van der Waals surface area (Å²) in [4.78, 5) is 34.2. The standard InChI is InChI=1S/C13H26N4O3/c1-4-10(18)9(6-5-7-16-13(15)20)17-12(19)11(14)8(2)3/h8-9,11H,4-7,14H2,1-3H3,(H,17,19)(H3,15,16,20)/t9-,11?/m0/s1. The molecule has 0 fully saturated rings. The average molecular weight is 286 g/mol. The van der Waals surface area contributed by atoms with Crippen LogP contribution in [0.3, 0.4) is 0 Å². The topological polar surface area (TPSA) is 127 Å². The van der Waals surface area contributed by atoms with Crippen LogP contribution in [-0.4, -0.2) is 36.3 Å². The van der Waals surface area contributed by atoms with E-state index in [1.165, 1.54) is 0 Å². The average Bonchev–Trinajstić information content (AvgIpc) is 2.39. The number of nitrogens with two attached hydrogens (primary N) is 2. The van der Waals surface area contributed by atoms with Gasteiger partial charge < -0.3 is 22.1 Å². The maximum atomic E-state index is 11.9. The second-order valence-electron chi connectivity index (χ2n) is 5.08. The summed E-state index contributed by atoms with van der Waals surface area (Å²) in [5.41, 5.74) is 10.7. The van der Waals surface area contributed by atoms with Crippen LogP contribution < -0.4 is 22.1 Å². The Hall–Kier alpha value is -1.63. The fourth-order valence-corrected chi connectivity index (χ4v) is 1.65. The van der Waals surface area contributed by atoms with Crippen LogP contribution in [0.4, 0.5) is 4.79 Å². The molecule has 0 rings (SSSR count). The van der Waals surface area contributed by atoms with Crippen LogP contribution in [0, 0.1) is 5.92 Å². The lowest BCUT2D eigenvalue weighted by molar-refractivity contribution is -0.129. The van der Waals surface area contributed by atoms with Crippen molar-refractivity contribution in [1.82, 2.24) is 10.6 Å². The van der Waals surface area contributed by atoms with E-state index in [1.54, 1.807) is 6.92 Å². The summed E-state index contributed by atoms with van der Waals surface area (Å²) in [6, 6.07) is -1.80. The number of amides is 3. The molecule has 0 spiro atoms. The van der Waals surface area contributed by atoms with Crippen molar-refractivity contribution in [2.45, 2.75) is 52.1 Å². The van der Waals surface area contributed by atoms with Gasteiger partial charge in [0.1, 0.15) is 0 Å². The van der Waals surface area contributed by atoms with E-state index in [9.17, 15) is 14.4 Å². The first-order valence-electron chi connectivity index (χ1n) is 6.91. The summed E-state index contributed by atoms with van der Waals surface area (Å²) < 4.78 is 0. The minimum atomic E-state index is -0.633. The molecule has 1 unspecified atom stereocenters. The number of nitrogens with one attached hydrogen (secondary N) is 2. The van der Waals surface area contributed by atoms with Crippen molar-refractivity contribution in [3.05, 3.63) is 0 Å². The quantitative estimate of drug-likeness (QED) is 0.441. The monoisotopic (exact) mass is 286 g/mol. The van der Waals surface area contributed by atoms with Gasteiger partial charge in [0.05, 0.1) is 12.1 Å². The van der Waals surface area contributed by atoms with Gasteiger partial charge in [0.15, 0.2) is 5.78 Å². The molecule has 20 heavy (non-hydrogen) atoms. The van der Waals surface area contributed by atoms with Crippen molar-refractivity contribution in [2.24, 2.45) is 17.4 Å². The van der Waals surface area contributed by atoms with Crippen LogP contribution in [0.2, 0.25) is 0 Å². The van der Waals surface area contributed by atoms with Crippen molar-refractivity contribution in [1.29, 1.82) is 0 Å². The Morgan fingerprint density at radius 3 is 2.25 bits per heavy atom. The van der Waals surface area contributed by atoms with Crippen LogP contribution in [0.1, 0.15) is 40.0 Å². The van der Waals surface area contributed by atoms with E-state index in [-0.39, 0.29) is 17.6 Å². The highest BCUT2D eigenvalue weighted by Crippen LogP contribution is 2.04. The molecule has 6 N–H and O–H groups in total. The minimum Gasteiger partial charge on any atom is -0.352 e. The van der Waals surface area contributed by atoms with Crippen LogP contribution in [-0.2, 0) is 9.59 Å². The predicted octanol–water partition coefficient (Wildman–Crippen LogP) is -0.118. The third kappa shape index (κ3) is 7.08. The van der Waals surface area contributed by atoms with E-state index in [2.05, 4.69) is 10.6 Å². The summed E-state index contributed by atoms with van der Waals surface area (Å²) in [6.07, 6.45) is 1.34. The molecule has 7 nitrogen and oxygen atoms in total. The normalized spacial score (nSPS) is 13.7. The van der Waals surface area contributed by atoms with Gasteiger partial charge in [0, 0.05) is 13.0 Å². The molecule has 2 atom stereocenters. The van der Waals surface area contributed by atoms with Crippen molar-refractivity contribution < 1.29 is 14.4 Å². The maximum absolute atomic E-state index is 11.9. The number of ketones is 1. The number of hydrogen-bond donors (Lipinski definition) is 4. The van der Waals surface area contributed by atoms with Gasteiger partial charge in [-0.3, -0.25) is 9.59 Å². The van der Waals surface area contributed by atoms with Crippen LogP contribution in [0.25, 0.3) is 0 Å². The molecule has 0 saturated heterocycles. The molecule has 116 valence electrons. The molecule has 0 saturated carbocycles. The van der Waals surface area contributed by atoms with Gasteiger partial charge in [0.25, 0.3) is 0 Å². The van der Waals surface area contributed by atoms with Gasteiger partial charge in [-0.15, -0.1) is 0 Å². The van der Waals surface area contributed by atoms with Gasteiger partial charge >= 0.3 is 6.03 Å². The number of hydrogen-bond acceptors (Lipinski definition) is 4. The zero-order chi connectivity index (χ0) is 15.7. The molecule has 0 aromatic carbocycles. The molecule has 0 aliphatic heterocycles. The molecular weight excluding hydrogens is 260 g/mol. The van der Waals surface area contributed by atoms with Crippen LogP contribution in [0.15, 0.2) is 0 Å². The number of primary amides is 1. The van der Waals surface area contributed by atoms with Gasteiger partial charge in [-0.05, 0) is 18.8 Å². The Morgan fingerprint density at radius 2 is 1.80 bits per heavy atom. The van der Waals surface area contributed by atoms with Gasteiger partial charge in [-0.1, -0.05) is 20.8 Å². The van der Waals surface area contributed by atoms with Crippen molar-refractivity contribution in [3.8, 4) is 0 Å². The number of rotatable bonds is 9. The Morgan fingerprint density at radius 1 is 1.20 bits per heavy atom. The van der Waals surface area contributed by atoms with E-state index >= 15 is 0 Å². The summed E-state index contributed by atoms with van der Waals surface area (Å²) >= 11 is 0. The number of Topliss-reactive ketones (excluding diaryl/α,β-unsaturated/α-hetero) is 1. The predicted molar refractivity (Wildman–Crippen MR) is 76.9 cm³/mol. The lowest BCUT2D eigenvalue weighted by Gasteiger charge is -2.21. The van der Waals surface area contributed by atoms with Gasteiger partial charge in [-0.2, -0.15) is 0 Å². The first-order valence-corrected chi connectivity index (χ1v) is 6.91. The highest BCUT2D eigenvalue weighted by molar-refractivity contribution is 5.90. The lowest BCUT2D eigenvalue weighted by Crippen LogP contribution is -2.50. The Labute approximate surface area is 119 Å². The largest absolute Gasteiger partial charge is 0.352 e. The molecule has 0 radical (unpaired) electrons. The molecule has 0 aliphatic rings. The van der Waals surface area contributed by atoms with Gasteiger partial charge in [-0.25, -0.2) is 4.79 Å². The van der Waals surface area contributed by atoms with E-state index in [1.807, 2.05) is 13.8 Å². The first-order chi connectivity index (χ1) is 9.29. The minimum absolute atomic E-state index is 0.00362. The second kappa shape index (κ2) is 9.30. The first kappa shape index (κ1) is 18.4. The Kier molecular flexibility index (Phi) is 8.54. The summed E-state index contributed by atoms with van der Waals surface area (Å²) in [5.74, 6) is -0.369. The lowest BCUT2D eigenvalue weighted by atomic mass is 10.0. The number of carbonyl (C=O) groups is 3. The van der Waals surface area contributed by atoms with Crippen molar-refractivity contribution >= 4 is 17.7 Å². The van der Waals surface area contributed by atoms with Crippen molar-refractivity contribution in [3.63, 3.8) is 0 Å². The van der Waals surface area contributed by atoms with Crippen LogP contribution >= 0.6 is 0 Å². The molecule has 0 bridgehead atoms. The molecule has 0 aromatic heterocycles. The maximum Gasteiger partial charge on any atom is 0.312 e.